The molecule has 1 aromatic carbocycles. The molecule has 0 amide bonds. The molecule has 0 aliphatic carbocycles. The zero-order valence-corrected chi connectivity index (χ0v) is 11.5. The zero-order chi connectivity index (χ0) is 12.8. The van der Waals surface area contributed by atoms with Crippen LogP contribution in [-0.2, 0) is 0 Å². The molecule has 1 rings (SSSR count). The fourth-order valence-corrected chi connectivity index (χ4v) is 2.24. The second-order valence-electron chi connectivity index (χ2n) is 5.02. The Morgan fingerprint density at radius 3 is 2.41 bits per heavy atom. The predicted octanol–water partition coefficient (Wildman–Crippen LogP) is 3.80. The van der Waals surface area contributed by atoms with Gasteiger partial charge in [0.1, 0.15) is 0 Å². The largest absolute Gasteiger partial charge is 0.394 e. The van der Waals surface area contributed by atoms with Crippen molar-refractivity contribution in [1.29, 1.82) is 0 Å². The molecule has 0 aromatic heterocycles. The molecule has 0 bridgehead atoms. The van der Waals surface area contributed by atoms with Gasteiger partial charge in [-0.3, -0.25) is 0 Å². The van der Waals surface area contributed by atoms with E-state index in [1.165, 1.54) is 0 Å². The molecule has 96 valence electrons. The molecule has 3 heteroatoms. The summed E-state index contributed by atoms with van der Waals surface area (Å²) < 4.78 is 0. The van der Waals surface area contributed by atoms with E-state index < -0.39 is 0 Å². The molecule has 0 saturated heterocycles. The first-order valence-electron chi connectivity index (χ1n) is 6.16. The summed E-state index contributed by atoms with van der Waals surface area (Å²) in [5.41, 5.74) is 0.892. The van der Waals surface area contributed by atoms with Gasteiger partial charge < -0.3 is 10.4 Å². The highest BCUT2D eigenvalue weighted by Crippen LogP contribution is 2.24. The van der Waals surface area contributed by atoms with Crippen LogP contribution in [0.2, 0.25) is 5.02 Å². The first-order chi connectivity index (χ1) is 8.04. The van der Waals surface area contributed by atoms with Gasteiger partial charge in [0.05, 0.1) is 23.4 Å². The average molecular weight is 256 g/mol. The van der Waals surface area contributed by atoms with Crippen LogP contribution in [0.4, 0.5) is 5.69 Å². The molecule has 2 N–H and O–H groups in total. The lowest BCUT2D eigenvalue weighted by atomic mass is 9.92. The fourth-order valence-electron chi connectivity index (χ4n) is 2.05. The van der Waals surface area contributed by atoms with Crippen molar-refractivity contribution in [1.82, 2.24) is 0 Å². The van der Waals surface area contributed by atoms with Gasteiger partial charge in [-0.15, -0.1) is 0 Å². The van der Waals surface area contributed by atoms with Gasteiger partial charge in [0.2, 0.25) is 0 Å². The Morgan fingerprint density at radius 2 is 1.88 bits per heavy atom. The molecule has 0 aliphatic heterocycles. The predicted molar refractivity (Wildman–Crippen MR) is 74.6 cm³/mol. The van der Waals surface area contributed by atoms with Gasteiger partial charge in [0.25, 0.3) is 0 Å². The Labute approximate surface area is 109 Å². The summed E-state index contributed by atoms with van der Waals surface area (Å²) in [7, 11) is 0. The molecule has 1 aromatic rings. The molecule has 0 fully saturated rings. The molecule has 2 unspecified atom stereocenters. The lowest BCUT2D eigenvalue weighted by molar-refractivity contribution is 0.231. The molecule has 0 spiro atoms. The van der Waals surface area contributed by atoms with E-state index in [-0.39, 0.29) is 12.6 Å². The summed E-state index contributed by atoms with van der Waals surface area (Å²) in [5.74, 6) is 1.04. The van der Waals surface area contributed by atoms with Gasteiger partial charge in [-0.05, 0) is 30.4 Å². The number of para-hydroxylation sites is 1. The van der Waals surface area contributed by atoms with Crippen molar-refractivity contribution in [3.63, 3.8) is 0 Å². The average Bonchev–Trinajstić information content (AvgIpc) is 2.27. The Bertz CT molecular complexity index is 341. The maximum Gasteiger partial charge on any atom is 0.0637 e. The van der Waals surface area contributed by atoms with Crippen molar-refractivity contribution in [2.24, 2.45) is 11.8 Å². The van der Waals surface area contributed by atoms with Gasteiger partial charge in [-0.2, -0.15) is 0 Å². The van der Waals surface area contributed by atoms with E-state index in [2.05, 4.69) is 26.1 Å². The van der Waals surface area contributed by atoms with Crippen LogP contribution in [0.1, 0.15) is 27.2 Å². The van der Waals surface area contributed by atoms with E-state index in [1.54, 1.807) is 0 Å². The molecular formula is C14H22ClNO. The van der Waals surface area contributed by atoms with Crippen LogP contribution in [0.15, 0.2) is 24.3 Å². The third kappa shape index (κ3) is 4.57. The summed E-state index contributed by atoms with van der Waals surface area (Å²) in [6.07, 6.45) is 1.09. The highest BCUT2D eigenvalue weighted by molar-refractivity contribution is 6.33. The third-order valence-corrected chi connectivity index (χ3v) is 3.27. The number of aliphatic hydroxyl groups excluding tert-OH is 1. The van der Waals surface area contributed by atoms with E-state index in [9.17, 15) is 5.11 Å². The minimum atomic E-state index is 0.0531. The van der Waals surface area contributed by atoms with Crippen LogP contribution in [0, 0.1) is 11.8 Å². The monoisotopic (exact) mass is 255 g/mol. The maximum absolute atomic E-state index is 9.46. The van der Waals surface area contributed by atoms with Gasteiger partial charge >= 0.3 is 0 Å². The highest BCUT2D eigenvalue weighted by atomic mass is 35.5. The first kappa shape index (κ1) is 14.3. The Balaban J connectivity index is 2.66. The van der Waals surface area contributed by atoms with Gasteiger partial charge in [-0.25, -0.2) is 0 Å². The topological polar surface area (TPSA) is 32.3 Å². The summed E-state index contributed by atoms with van der Waals surface area (Å²) in [5, 5.41) is 13.5. The Morgan fingerprint density at radius 1 is 1.24 bits per heavy atom. The zero-order valence-electron chi connectivity index (χ0n) is 10.8. The normalized spacial score (nSPS) is 14.7. The number of nitrogens with one attached hydrogen (secondary N) is 1. The lowest BCUT2D eigenvalue weighted by Gasteiger charge is -2.26. The van der Waals surface area contributed by atoms with Gasteiger partial charge in [0.15, 0.2) is 0 Å². The van der Waals surface area contributed by atoms with Crippen molar-refractivity contribution >= 4 is 17.3 Å². The minimum absolute atomic E-state index is 0.0531. The number of hydrogen-bond donors (Lipinski definition) is 2. The van der Waals surface area contributed by atoms with Crippen molar-refractivity contribution in [3.05, 3.63) is 29.3 Å². The summed E-state index contributed by atoms with van der Waals surface area (Å²) in [6, 6.07) is 7.69. The molecule has 17 heavy (non-hydrogen) atoms. The van der Waals surface area contributed by atoms with E-state index >= 15 is 0 Å². The number of anilines is 1. The number of hydrogen-bond acceptors (Lipinski definition) is 2. The van der Waals surface area contributed by atoms with Crippen molar-refractivity contribution in [2.75, 3.05) is 11.9 Å². The van der Waals surface area contributed by atoms with Crippen LogP contribution < -0.4 is 5.32 Å². The lowest BCUT2D eigenvalue weighted by Crippen LogP contribution is -2.32. The smallest absolute Gasteiger partial charge is 0.0637 e. The number of rotatable bonds is 6. The second-order valence-corrected chi connectivity index (χ2v) is 5.43. The van der Waals surface area contributed by atoms with Crippen molar-refractivity contribution in [2.45, 2.75) is 33.2 Å². The van der Waals surface area contributed by atoms with E-state index in [0.29, 0.717) is 16.9 Å². The number of halogens is 1. The molecule has 0 heterocycles. The molecule has 0 aliphatic rings. The molecule has 0 radical (unpaired) electrons. The van der Waals surface area contributed by atoms with Crippen LogP contribution in [0.5, 0.6) is 0 Å². The summed E-state index contributed by atoms with van der Waals surface area (Å²) in [4.78, 5) is 0. The van der Waals surface area contributed by atoms with Crippen molar-refractivity contribution < 1.29 is 5.11 Å². The van der Waals surface area contributed by atoms with Crippen molar-refractivity contribution in [3.8, 4) is 0 Å². The van der Waals surface area contributed by atoms with Crippen LogP contribution in [0.3, 0.4) is 0 Å². The molecule has 2 atom stereocenters. The first-order valence-corrected chi connectivity index (χ1v) is 6.54. The SMILES string of the molecule is CC(C)CC(C)C(CO)Nc1ccccc1Cl. The molecular weight excluding hydrogens is 234 g/mol. The third-order valence-electron chi connectivity index (χ3n) is 2.94. The molecule has 2 nitrogen and oxygen atoms in total. The van der Waals surface area contributed by atoms with E-state index in [4.69, 9.17) is 11.6 Å². The Kier molecular flexibility index (Phi) is 5.79. The van der Waals surface area contributed by atoms with Gasteiger partial charge in [-0.1, -0.05) is 44.5 Å². The van der Waals surface area contributed by atoms with Crippen LogP contribution in [0.25, 0.3) is 0 Å². The minimum Gasteiger partial charge on any atom is -0.394 e. The standard InChI is InChI=1S/C14H22ClNO/c1-10(2)8-11(3)14(9-17)16-13-7-5-4-6-12(13)15/h4-7,10-11,14,16-17H,8-9H2,1-3H3. The van der Waals surface area contributed by atoms with Gasteiger partial charge in [0, 0.05) is 0 Å². The number of aliphatic hydroxyl groups is 1. The van der Waals surface area contributed by atoms with E-state index in [1.807, 2.05) is 24.3 Å². The number of benzene rings is 1. The Hall–Kier alpha value is -0.730. The highest BCUT2D eigenvalue weighted by Gasteiger charge is 2.18. The van der Waals surface area contributed by atoms with Crippen LogP contribution in [-0.4, -0.2) is 17.8 Å². The second kappa shape index (κ2) is 6.87. The summed E-state index contributed by atoms with van der Waals surface area (Å²) in [6.45, 7) is 6.67. The molecule has 0 saturated carbocycles. The fraction of sp³-hybridized carbons (Fsp3) is 0.571. The van der Waals surface area contributed by atoms with Crippen LogP contribution >= 0.6 is 11.6 Å². The van der Waals surface area contributed by atoms with E-state index in [0.717, 1.165) is 12.1 Å². The summed E-state index contributed by atoms with van der Waals surface area (Å²) >= 11 is 6.09. The maximum atomic E-state index is 9.46. The quantitative estimate of drug-likeness (QED) is 0.811.